The highest BCUT2D eigenvalue weighted by Gasteiger charge is 2.22. The highest BCUT2D eigenvalue weighted by atomic mass is 35.5. The van der Waals surface area contributed by atoms with Crippen molar-refractivity contribution in [2.24, 2.45) is 7.05 Å². The number of aryl methyl sites for hydroxylation is 2. The summed E-state index contributed by atoms with van der Waals surface area (Å²) >= 11 is 5.96. The number of ether oxygens (including phenoxy) is 1. The number of rotatable bonds is 4. The second-order valence-corrected chi connectivity index (χ2v) is 4.56. The molecular formula is C12H14ClN5O3. The molecule has 1 N–H and O–H groups in total. The second kappa shape index (κ2) is 5.96. The number of aromatic nitrogens is 4. The van der Waals surface area contributed by atoms with Crippen LogP contribution in [0.3, 0.4) is 0 Å². The maximum Gasteiger partial charge on any atom is 0.358 e. The average Bonchev–Trinajstić information content (AvgIpc) is 3.01. The summed E-state index contributed by atoms with van der Waals surface area (Å²) in [5, 5.41) is 10.8. The lowest BCUT2D eigenvalue weighted by molar-refractivity contribution is 0.0589. The fraction of sp³-hybridized carbons (Fsp3) is 0.333. The maximum atomic E-state index is 12.2. The summed E-state index contributed by atoms with van der Waals surface area (Å²) in [6.45, 7) is 2.47. The lowest BCUT2D eigenvalue weighted by Crippen LogP contribution is -2.17. The molecule has 0 saturated heterocycles. The number of carbonyl (C=O) groups is 2. The SMILES string of the molecule is CCn1cc(Cl)c(C(=O)Nc2cnn(C)c2C(=O)OC)n1. The molecule has 0 atom stereocenters. The smallest absolute Gasteiger partial charge is 0.358 e. The number of esters is 1. The van der Waals surface area contributed by atoms with Crippen LogP contribution in [0.15, 0.2) is 12.4 Å². The van der Waals surface area contributed by atoms with Crippen molar-refractivity contribution in [2.75, 3.05) is 12.4 Å². The number of anilines is 1. The molecule has 112 valence electrons. The van der Waals surface area contributed by atoms with E-state index in [1.165, 1.54) is 18.0 Å². The molecule has 0 fully saturated rings. The van der Waals surface area contributed by atoms with Gasteiger partial charge in [0.15, 0.2) is 11.4 Å². The van der Waals surface area contributed by atoms with Gasteiger partial charge in [0.1, 0.15) is 0 Å². The fourth-order valence-electron chi connectivity index (χ4n) is 1.76. The van der Waals surface area contributed by atoms with Gasteiger partial charge < -0.3 is 10.1 Å². The Balaban J connectivity index is 2.28. The standard InChI is InChI=1S/C12H14ClN5O3/c1-4-18-6-7(13)9(16-18)11(19)15-8-5-14-17(2)10(8)12(20)21-3/h5-6H,4H2,1-3H3,(H,15,19). The first-order valence-corrected chi connectivity index (χ1v) is 6.50. The molecule has 2 aromatic heterocycles. The third kappa shape index (κ3) is 2.89. The van der Waals surface area contributed by atoms with Crippen molar-refractivity contribution >= 4 is 29.2 Å². The van der Waals surface area contributed by atoms with Crippen LogP contribution in [0, 0.1) is 0 Å². The zero-order chi connectivity index (χ0) is 15.6. The number of hydrogen-bond acceptors (Lipinski definition) is 5. The molecule has 0 radical (unpaired) electrons. The van der Waals surface area contributed by atoms with Crippen molar-refractivity contribution in [3.05, 3.63) is 28.8 Å². The molecule has 9 heteroatoms. The third-order valence-electron chi connectivity index (χ3n) is 2.82. The molecule has 8 nitrogen and oxygen atoms in total. The van der Waals surface area contributed by atoms with Gasteiger partial charge in [0.25, 0.3) is 5.91 Å². The van der Waals surface area contributed by atoms with E-state index in [1.807, 2.05) is 6.92 Å². The van der Waals surface area contributed by atoms with Crippen LogP contribution >= 0.6 is 11.6 Å². The molecule has 0 spiro atoms. The molecule has 0 bridgehead atoms. The minimum absolute atomic E-state index is 0.0817. The van der Waals surface area contributed by atoms with Crippen LogP contribution in [0.5, 0.6) is 0 Å². The Morgan fingerprint density at radius 3 is 2.76 bits per heavy atom. The van der Waals surface area contributed by atoms with Gasteiger partial charge in [-0.25, -0.2) is 4.79 Å². The van der Waals surface area contributed by atoms with E-state index in [2.05, 4.69) is 20.3 Å². The van der Waals surface area contributed by atoms with Crippen molar-refractivity contribution in [3.63, 3.8) is 0 Å². The highest BCUT2D eigenvalue weighted by Crippen LogP contribution is 2.19. The first kappa shape index (κ1) is 15.0. The van der Waals surface area contributed by atoms with E-state index in [0.29, 0.717) is 6.54 Å². The minimum Gasteiger partial charge on any atom is -0.464 e. The summed E-state index contributed by atoms with van der Waals surface area (Å²) in [6.07, 6.45) is 2.91. The number of methoxy groups -OCH3 is 1. The van der Waals surface area contributed by atoms with E-state index in [9.17, 15) is 9.59 Å². The number of nitrogens with zero attached hydrogens (tertiary/aromatic N) is 4. The van der Waals surface area contributed by atoms with Gasteiger partial charge in [0.05, 0.1) is 24.0 Å². The summed E-state index contributed by atoms with van der Waals surface area (Å²) in [5.74, 6) is -1.12. The van der Waals surface area contributed by atoms with Crippen LogP contribution in [-0.2, 0) is 18.3 Å². The number of carbonyl (C=O) groups excluding carboxylic acids is 2. The van der Waals surface area contributed by atoms with Gasteiger partial charge in [-0.15, -0.1) is 0 Å². The Morgan fingerprint density at radius 2 is 2.19 bits per heavy atom. The van der Waals surface area contributed by atoms with E-state index in [0.717, 1.165) is 0 Å². The molecule has 0 aliphatic rings. The van der Waals surface area contributed by atoms with E-state index < -0.39 is 11.9 Å². The zero-order valence-corrected chi connectivity index (χ0v) is 12.5. The first-order valence-electron chi connectivity index (χ1n) is 6.12. The quantitative estimate of drug-likeness (QED) is 0.860. The van der Waals surface area contributed by atoms with E-state index in [-0.39, 0.29) is 22.1 Å². The van der Waals surface area contributed by atoms with E-state index in [1.54, 1.807) is 17.9 Å². The number of hydrogen-bond donors (Lipinski definition) is 1. The molecule has 0 aliphatic carbocycles. The van der Waals surface area contributed by atoms with Crippen molar-refractivity contribution < 1.29 is 14.3 Å². The summed E-state index contributed by atoms with van der Waals surface area (Å²) in [7, 11) is 2.82. The molecule has 0 aromatic carbocycles. The molecule has 0 unspecified atom stereocenters. The van der Waals surface area contributed by atoms with Crippen LogP contribution in [0.25, 0.3) is 0 Å². The van der Waals surface area contributed by atoms with Crippen molar-refractivity contribution in [2.45, 2.75) is 13.5 Å². The van der Waals surface area contributed by atoms with Gasteiger partial charge >= 0.3 is 5.97 Å². The van der Waals surface area contributed by atoms with Gasteiger partial charge in [-0.05, 0) is 6.92 Å². The van der Waals surface area contributed by atoms with Crippen LogP contribution in [-0.4, -0.2) is 38.5 Å². The summed E-state index contributed by atoms with van der Waals surface area (Å²) in [4.78, 5) is 23.8. The molecule has 2 aromatic rings. The Labute approximate surface area is 125 Å². The largest absolute Gasteiger partial charge is 0.464 e. The monoisotopic (exact) mass is 311 g/mol. The number of amides is 1. The predicted octanol–water partition coefficient (Wildman–Crippen LogP) is 1.33. The van der Waals surface area contributed by atoms with Crippen molar-refractivity contribution in [1.29, 1.82) is 0 Å². The van der Waals surface area contributed by atoms with Crippen LogP contribution in [0.2, 0.25) is 5.02 Å². The minimum atomic E-state index is -0.601. The van der Waals surface area contributed by atoms with Crippen molar-refractivity contribution in [3.8, 4) is 0 Å². The van der Waals surface area contributed by atoms with Crippen LogP contribution in [0.1, 0.15) is 27.9 Å². The van der Waals surface area contributed by atoms with E-state index in [4.69, 9.17) is 11.6 Å². The third-order valence-corrected chi connectivity index (χ3v) is 3.10. The average molecular weight is 312 g/mol. The van der Waals surface area contributed by atoms with E-state index >= 15 is 0 Å². The number of nitrogens with one attached hydrogen (secondary N) is 1. The Morgan fingerprint density at radius 1 is 1.48 bits per heavy atom. The Hall–Kier alpha value is -2.35. The summed E-state index contributed by atoms with van der Waals surface area (Å²) < 4.78 is 7.51. The Bertz CT molecular complexity index is 691. The van der Waals surface area contributed by atoms with Crippen LogP contribution in [0.4, 0.5) is 5.69 Å². The molecule has 0 saturated carbocycles. The van der Waals surface area contributed by atoms with Gasteiger partial charge in [-0.1, -0.05) is 11.6 Å². The molecule has 2 heterocycles. The lowest BCUT2D eigenvalue weighted by atomic mass is 10.3. The Kier molecular flexibility index (Phi) is 4.27. The van der Waals surface area contributed by atoms with Crippen LogP contribution < -0.4 is 5.32 Å². The second-order valence-electron chi connectivity index (χ2n) is 4.16. The van der Waals surface area contributed by atoms with Crippen molar-refractivity contribution in [1.82, 2.24) is 19.6 Å². The maximum absolute atomic E-state index is 12.2. The molecular weight excluding hydrogens is 298 g/mol. The molecule has 2 rings (SSSR count). The summed E-state index contributed by atoms with van der Waals surface area (Å²) in [6, 6.07) is 0. The van der Waals surface area contributed by atoms with Gasteiger partial charge in [-0.2, -0.15) is 10.2 Å². The fourth-order valence-corrected chi connectivity index (χ4v) is 2.00. The summed E-state index contributed by atoms with van der Waals surface area (Å²) in [5.41, 5.74) is 0.451. The first-order chi connectivity index (χ1) is 9.97. The van der Waals surface area contributed by atoms with Gasteiger partial charge in [0, 0.05) is 19.8 Å². The normalized spacial score (nSPS) is 10.5. The van der Waals surface area contributed by atoms with Gasteiger partial charge in [0.2, 0.25) is 0 Å². The van der Waals surface area contributed by atoms with Gasteiger partial charge in [-0.3, -0.25) is 14.2 Å². The molecule has 21 heavy (non-hydrogen) atoms. The predicted molar refractivity (Wildman–Crippen MR) is 75.4 cm³/mol. The lowest BCUT2D eigenvalue weighted by Gasteiger charge is -2.05. The molecule has 0 aliphatic heterocycles. The molecule has 1 amide bonds. The zero-order valence-electron chi connectivity index (χ0n) is 11.8. The topological polar surface area (TPSA) is 91.0 Å². The number of halogens is 1. The highest BCUT2D eigenvalue weighted by molar-refractivity contribution is 6.34.